The monoisotopic (exact) mass is 337 g/mol. The zero-order valence-electron chi connectivity index (χ0n) is 15.1. The van der Waals surface area contributed by atoms with E-state index < -0.39 is 0 Å². The van der Waals surface area contributed by atoms with Crippen molar-refractivity contribution in [3.05, 3.63) is 70.8 Å². The summed E-state index contributed by atoms with van der Waals surface area (Å²) in [6.45, 7) is 4.09. The lowest BCUT2D eigenvalue weighted by Crippen LogP contribution is -2.27. The smallest absolute Gasteiger partial charge is 0.259 e. The van der Waals surface area contributed by atoms with E-state index in [0.29, 0.717) is 11.3 Å². The first-order chi connectivity index (χ1) is 11.9. The molecule has 0 saturated heterocycles. The number of hydrogen-bond donors (Lipinski definition) is 0. The van der Waals surface area contributed by atoms with E-state index in [9.17, 15) is 9.59 Å². The van der Waals surface area contributed by atoms with Crippen molar-refractivity contribution in [3.8, 4) is 5.75 Å². The number of benzene rings is 2. The van der Waals surface area contributed by atoms with E-state index in [2.05, 4.69) is 13.0 Å². The second-order valence-electron chi connectivity index (χ2n) is 6.14. The molecule has 0 aliphatic heterocycles. The van der Waals surface area contributed by atoms with Gasteiger partial charge in [0.05, 0.1) is 0 Å². The summed E-state index contributed by atoms with van der Waals surface area (Å²) in [7, 11) is 3.35. The van der Waals surface area contributed by atoms with Crippen molar-refractivity contribution in [1.29, 1.82) is 0 Å². The van der Waals surface area contributed by atoms with Crippen molar-refractivity contribution in [1.82, 2.24) is 4.90 Å². The summed E-state index contributed by atoms with van der Waals surface area (Å²) >= 11 is 0. The van der Waals surface area contributed by atoms with Gasteiger partial charge in [0.2, 0.25) is 0 Å². The van der Waals surface area contributed by atoms with Gasteiger partial charge in [-0.25, -0.2) is 0 Å². The van der Waals surface area contributed by atoms with Crippen LogP contribution in [0.25, 0.3) is 6.08 Å². The minimum atomic E-state index is -0.114. The summed E-state index contributed by atoms with van der Waals surface area (Å²) in [6.07, 6.45) is 3.38. The number of ether oxygens (including phenoxy) is 1. The van der Waals surface area contributed by atoms with Gasteiger partial charge in [-0.1, -0.05) is 24.3 Å². The molecule has 1 amide bonds. The molecule has 0 radical (unpaired) electrons. The molecule has 0 heterocycles. The maximum absolute atomic E-state index is 12.2. The van der Waals surface area contributed by atoms with E-state index in [1.807, 2.05) is 25.1 Å². The molecule has 2 rings (SSSR count). The number of amides is 1. The van der Waals surface area contributed by atoms with Crippen LogP contribution in [0.1, 0.15) is 27.0 Å². The standard InChI is InChI=1S/C21H23NO3/c1-15-5-6-17(13-16(15)2)7-12-20(23)18-8-10-19(11-9-18)25-14-21(24)22(3)4/h5-13H,14H2,1-4H3/b12-7+. The van der Waals surface area contributed by atoms with Crippen LogP contribution in [0.2, 0.25) is 0 Å². The number of carbonyl (C=O) groups is 2. The highest BCUT2D eigenvalue weighted by molar-refractivity contribution is 6.06. The highest BCUT2D eigenvalue weighted by Crippen LogP contribution is 2.15. The number of aryl methyl sites for hydroxylation is 2. The Morgan fingerprint density at radius 1 is 1.00 bits per heavy atom. The Hall–Kier alpha value is -2.88. The summed E-state index contributed by atoms with van der Waals surface area (Å²) in [5.74, 6) is 0.371. The molecule has 0 aromatic heterocycles. The van der Waals surface area contributed by atoms with Gasteiger partial charge in [0.25, 0.3) is 5.91 Å². The first kappa shape index (κ1) is 18.5. The largest absolute Gasteiger partial charge is 0.484 e. The third-order valence-electron chi connectivity index (χ3n) is 3.96. The van der Waals surface area contributed by atoms with Gasteiger partial charge < -0.3 is 9.64 Å². The van der Waals surface area contributed by atoms with Gasteiger partial charge in [-0.2, -0.15) is 0 Å². The third kappa shape index (κ3) is 5.31. The molecule has 130 valence electrons. The van der Waals surface area contributed by atoms with Crippen molar-refractivity contribution in [3.63, 3.8) is 0 Å². The highest BCUT2D eigenvalue weighted by Gasteiger charge is 2.06. The summed E-state index contributed by atoms with van der Waals surface area (Å²) in [5.41, 5.74) is 4.00. The van der Waals surface area contributed by atoms with Gasteiger partial charge in [0.15, 0.2) is 12.4 Å². The number of carbonyl (C=O) groups excluding carboxylic acids is 2. The quantitative estimate of drug-likeness (QED) is 0.597. The van der Waals surface area contributed by atoms with Crippen molar-refractivity contribution < 1.29 is 14.3 Å². The molecule has 2 aromatic carbocycles. The van der Waals surface area contributed by atoms with E-state index in [1.54, 1.807) is 44.4 Å². The molecule has 4 heteroatoms. The number of hydrogen-bond acceptors (Lipinski definition) is 3. The van der Waals surface area contributed by atoms with Crippen molar-refractivity contribution >= 4 is 17.8 Å². The molecule has 4 nitrogen and oxygen atoms in total. The van der Waals surface area contributed by atoms with Crippen LogP contribution in [-0.2, 0) is 4.79 Å². The second kappa shape index (κ2) is 8.29. The Labute approximate surface area is 148 Å². The van der Waals surface area contributed by atoms with Gasteiger partial charge in [-0.15, -0.1) is 0 Å². The van der Waals surface area contributed by atoms with E-state index in [0.717, 1.165) is 5.56 Å². The molecule has 0 saturated carbocycles. The lowest BCUT2D eigenvalue weighted by atomic mass is 10.0. The Kier molecular flexibility index (Phi) is 6.12. The first-order valence-corrected chi connectivity index (χ1v) is 8.09. The molecular weight excluding hydrogens is 314 g/mol. The van der Waals surface area contributed by atoms with Crippen LogP contribution in [-0.4, -0.2) is 37.3 Å². The van der Waals surface area contributed by atoms with Gasteiger partial charge in [0.1, 0.15) is 5.75 Å². The van der Waals surface area contributed by atoms with Crippen LogP contribution in [0.5, 0.6) is 5.75 Å². The number of rotatable bonds is 6. The zero-order valence-corrected chi connectivity index (χ0v) is 15.1. The van der Waals surface area contributed by atoms with E-state index in [1.165, 1.54) is 16.0 Å². The molecule has 2 aromatic rings. The van der Waals surface area contributed by atoms with Crippen molar-refractivity contribution in [2.45, 2.75) is 13.8 Å². The van der Waals surface area contributed by atoms with E-state index in [4.69, 9.17) is 4.74 Å². The van der Waals surface area contributed by atoms with Crippen LogP contribution >= 0.6 is 0 Å². The minimum absolute atomic E-state index is 0.0209. The first-order valence-electron chi connectivity index (χ1n) is 8.09. The molecule has 0 aliphatic carbocycles. The van der Waals surface area contributed by atoms with Crippen LogP contribution in [0.3, 0.4) is 0 Å². The molecular formula is C21H23NO3. The fraction of sp³-hybridized carbons (Fsp3) is 0.238. The molecule has 0 atom stereocenters. The lowest BCUT2D eigenvalue weighted by Gasteiger charge is -2.11. The average molecular weight is 337 g/mol. The Balaban J connectivity index is 1.98. The van der Waals surface area contributed by atoms with Gasteiger partial charge in [-0.05, 0) is 60.9 Å². The Morgan fingerprint density at radius 3 is 2.28 bits per heavy atom. The fourth-order valence-corrected chi connectivity index (χ4v) is 2.13. The van der Waals surface area contributed by atoms with Crippen LogP contribution in [0.4, 0.5) is 0 Å². The van der Waals surface area contributed by atoms with Crippen LogP contribution < -0.4 is 4.74 Å². The Bertz CT molecular complexity index is 789. The fourth-order valence-electron chi connectivity index (χ4n) is 2.13. The summed E-state index contributed by atoms with van der Waals surface area (Å²) < 4.78 is 5.40. The van der Waals surface area contributed by atoms with Gasteiger partial charge in [-0.3, -0.25) is 9.59 Å². The lowest BCUT2D eigenvalue weighted by molar-refractivity contribution is -0.130. The number of likely N-dealkylation sites (N-methyl/N-ethyl adjacent to an activating group) is 1. The van der Waals surface area contributed by atoms with Crippen molar-refractivity contribution in [2.75, 3.05) is 20.7 Å². The third-order valence-corrected chi connectivity index (χ3v) is 3.96. The molecule has 0 bridgehead atoms. The van der Waals surface area contributed by atoms with Gasteiger partial charge >= 0.3 is 0 Å². The highest BCUT2D eigenvalue weighted by atomic mass is 16.5. The maximum Gasteiger partial charge on any atom is 0.259 e. The number of nitrogens with zero attached hydrogens (tertiary/aromatic N) is 1. The maximum atomic E-state index is 12.2. The second-order valence-corrected chi connectivity index (χ2v) is 6.14. The minimum Gasteiger partial charge on any atom is -0.484 e. The molecule has 0 N–H and O–H groups in total. The molecule has 0 unspecified atom stereocenters. The topological polar surface area (TPSA) is 46.6 Å². The van der Waals surface area contributed by atoms with E-state index in [-0.39, 0.29) is 18.3 Å². The zero-order chi connectivity index (χ0) is 18.4. The Morgan fingerprint density at radius 2 is 1.68 bits per heavy atom. The average Bonchev–Trinajstić information content (AvgIpc) is 2.60. The number of ketones is 1. The SMILES string of the molecule is Cc1ccc(/C=C/C(=O)c2ccc(OCC(=O)N(C)C)cc2)cc1C. The summed E-state index contributed by atoms with van der Waals surface area (Å²) in [4.78, 5) is 25.2. The molecule has 0 spiro atoms. The predicted octanol–water partition coefficient (Wildman–Crippen LogP) is 3.67. The predicted molar refractivity (Wildman–Crippen MR) is 99.9 cm³/mol. The molecule has 25 heavy (non-hydrogen) atoms. The van der Waals surface area contributed by atoms with Gasteiger partial charge in [0, 0.05) is 19.7 Å². The summed E-state index contributed by atoms with van der Waals surface area (Å²) in [6, 6.07) is 12.9. The number of allylic oxidation sites excluding steroid dienone is 1. The summed E-state index contributed by atoms with van der Waals surface area (Å²) in [5, 5.41) is 0. The van der Waals surface area contributed by atoms with Crippen LogP contribution in [0, 0.1) is 13.8 Å². The van der Waals surface area contributed by atoms with E-state index >= 15 is 0 Å². The molecule has 0 fully saturated rings. The van der Waals surface area contributed by atoms with Crippen LogP contribution in [0.15, 0.2) is 48.5 Å². The molecule has 0 aliphatic rings. The van der Waals surface area contributed by atoms with Crippen molar-refractivity contribution in [2.24, 2.45) is 0 Å². The normalized spacial score (nSPS) is 10.7.